The topological polar surface area (TPSA) is 224 Å². The molecule has 0 aromatic heterocycles. The predicted octanol–water partition coefficient (Wildman–Crippen LogP) is 5.69. The quantitative estimate of drug-likeness (QED) is 0.123. The molecule has 8 aromatic rings. The van der Waals surface area contributed by atoms with Crippen LogP contribution in [0.4, 0.5) is 0 Å². The zero-order valence-electron chi connectivity index (χ0n) is 23.3. The summed E-state index contributed by atoms with van der Waals surface area (Å²) >= 11 is 0. The molecule has 8 rings (SSSR count). The lowest BCUT2D eigenvalue weighted by Crippen LogP contribution is -2.33. The van der Waals surface area contributed by atoms with Gasteiger partial charge in [0.05, 0.1) is 33.4 Å². The van der Waals surface area contributed by atoms with Crippen LogP contribution in [0.15, 0.2) is 48.5 Å². The minimum atomic E-state index is -2.26. The molecule has 0 aliphatic carbocycles. The number of aromatic carboxylic acids is 6. The van der Waals surface area contributed by atoms with E-state index in [1.165, 1.54) is 48.5 Å². The van der Waals surface area contributed by atoms with Crippen LogP contribution in [-0.2, 0) is 5.41 Å². The highest BCUT2D eigenvalue weighted by molar-refractivity contribution is 6.29. The van der Waals surface area contributed by atoms with Crippen molar-refractivity contribution < 1.29 is 59.4 Å². The van der Waals surface area contributed by atoms with Crippen molar-refractivity contribution in [2.75, 3.05) is 0 Å². The number of carboxylic acids is 6. The van der Waals surface area contributed by atoms with E-state index in [1.807, 2.05) is 0 Å². The Hall–Kier alpha value is -6.30. The van der Waals surface area contributed by atoms with Crippen LogP contribution in [0.25, 0.3) is 43.1 Å². The molecule has 12 heteroatoms. The number of carbonyl (C=O) groups is 6. The van der Waals surface area contributed by atoms with Gasteiger partial charge in [0.1, 0.15) is 0 Å². The van der Waals surface area contributed by atoms with Crippen molar-refractivity contribution in [2.24, 2.45) is 0 Å². The van der Waals surface area contributed by atoms with Gasteiger partial charge in [-0.2, -0.15) is 0 Å². The maximum atomic E-state index is 13.1. The van der Waals surface area contributed by atoms with Crippen LogP contribution in [0.5, 0.6) is 0 Å². The van der Waals surface area contributed by atoms with Crippen LogP contribution >= 0.6 is 0 Å². The predicted molar refractivity (Wildman–Crippen MR) is 159 cm³/mol. The molecule has 0 radical (unpaired) electrons. The zero-order valence-corrected chi connectivity index (χ0v) is 23.3. The maximum Gasteiger partial charge on any atom is 0.337 e. The molecule has 8 aromatic carbocycles. The SMILES string of the molecule is CC(C)(c1c(C(=O)O)c(C(=O)O)c2c3ccc(cc3)c2c1C(=O)O)c1c(C(=O)O)c(C(=O)O)c2c3ccc(cc3)c2c1C(=O)O. The fourth-order valence-electron chi connectivity index (χ4n) is 6.92. The van der Waals surface area contributed by atoms with E-state index in [1.54, 1.807) is 0 Å². The molecule has 0 aliphatic heterocycles. The number of rotatable bonds is 8. The van der Waals surface area contributed by atoms with Gasteiger partial charge in [0.2, 0.25) is 0 Å². The summed E-state index contributed by atoms with van der Waals surface area (Å²) in [5.74, 6) is -10.6. The van der Waals surface area contributed by atoms with E-state index in [4.69, 9.17) is 0 Å². The molecule has 0 saturated heterocycles. The van der Waals surface area contributed by atoms with Gasteiger partial charge in [0.25, 0.3) is 0 Å². The molecular formula is C33H20O12. The van der Waals surface area contributed by atoms with Crippen molar-refractivity contribution in [3.05, 3.63) is 93.0 Å². The lowest BCUT2D eigenvalue weighted by molar-refractivity contribution is 0.0646. The molecule has 6 N–H and O–H groups in total. The van der Waals surface area contributed by atoms with Crippen molar-refractivity contribution in [1.82, 2.24) is 0 Å². The second-order valence-electron chi connectivity index (χ2n) is 11.1. The number of fused-ring (bicyclic) bond motifs is 4. The Bertz CT molecular complexity index is 2160. The van der Waals surface area contributed by atoms with Crippen LogP contribution in [0.2, 0.25) is 0 Å². The van der Waals surface area contributed by atoms with Gasteiger partial charge in [0, 0.05) is 27.0 Å². The summed E-state index contributed by atoms with van der Waals surface area (Å²) in [5.41, 5.74) is -8.62. The molecule has 0 spiro atoms. The summed E-state index contributed by atoms with van der Waals surface area (Å²) in [6.45, 7) is 2.31. The summed E-state index contributed by atoms with van der Waals surface area (Å²) in [7, 11) is 0. The molecular weight excluding hydrogens is 588 g/mol. The van der Waals surface area contributed by atoms with Gasteiger partial charge < -0.3 is 30.6 Å². The Labute approximate surface area is 250 Å². The van der Waals surface area contributed by atoms with Crippen LogP contribution in [0.1, 0.15) is 87.1 Å². The number of carboxylic acid groups (broad SMARTS) is 6. The highest BCUT2D eigenvalue weighted by Gasteiger charge is 2.45. The summed E-state index contributed by atoms with van der Waals surface area (Å²) in [6.07, 6.45) is 0. The largest absolute Gasteiger partial charge is 0.478 e. The number of hydrogen-bond donors (Lipinski definition) is 6. The van der Waals surface area contributed by atoms with Crippen LogP contribution in [0, 0.1) is 0 Å². The van der Waals surface area contributed by atoms with E-state index < -0.39 is 85.7 Å². The van der Waals surface area contributed by atoms with E-state index in [9.17, 15) is 59.4 Å². The third-order valence-electron chi connectivity index (χ3n) is 8.46. The third-order valence-corrected chi connectivity index (χ3v) is 8.46. The minimum Gasteiger partial charge on any atom is -0.478 e. The summed E-state index contributed by atoms with van der Waals surface area (Å²) in [6, 6.07) is 12.0. The first kappa shape index (κ1) is 28.8. The second kappa shape index (κ2) is 9.35. The molecule has 12 nitrogen and oxygen atoms in total. The maximum absolute atomic E-state index is 13.1. The van der Waals surface area contributed by atoms with E-state index in [0.717, 1.165) is 13.8 Å². The second-order valence-corrected chi connectivity index (χ2v) is 11.1. The Morgan fingerprint density at radius 3 is 0.778 bits per heavy atom. The van der Waals surface area contributed by atoms with E-state index in [-0.39, 0.29) is 43.1 Å². The van der Waals surface area contributed by atoms with Crippen LogP contribution < -0.4 is 0 Å². The lowest BCUT2D eigenvalue weighted by atomic mass is 9.66. The molecule has 0 amide bonds. The van der Waals surface area contributed by atoms with Gasteiger partial charge in [-0.15, -0.1) is 0 Å². The molecule has 0 saturated carbocycles. The van der Waals surface area contributed by atoms with Crippen molar-refractivity contribution in [3.63, 3.8) is 0 Å². The molecule has 0 atom stereocenters. The molecule has 45 heavy (non-hydrogen) atoms. The van der Waals surface area contributed by atoms with Crippen molar-refractivity contribution in [2.45, 2.75) is 19.3 Å². The van der Waals surface area contributed by atoms with E-state index in [2.05, 4.69) is 0 Å². The Morgan fingerprint density at radius 1 is 0.378 bits per heavy atom. The van der Waals surface area contributed by atoms with Gasteiger partial charge in [-0.1, -0.05) is 62.4 Å². The fraction of sp³-hybridized carbons (Fsp3) is 0.0909. The van der Waals surface area contributed by atoms with Gasteiger partial charge in [-0.3, -0.25) is 0 Å². The van der Waals surface area contributed by atoms with Crippen LogP contribution in [0.3, 0.4) is 0 Å². The monoisotopic (exact) mass is 608 g/mol. The van der Waals surface area contributed by atoms with Gasteiger partial charge in [0.15, 0.2) is 0 Å². The van der Waals surface area contributed by atoms with Crippen molar-refractivity contribution in [1.29, 1.82) is 0 Å². The Morgan fingerprint density at radius 2 is 0.578 bits per heavy atom. The lowest BCUT2D eigenvalue weighted by Gasteiger charge is -2.34. The summed E-state index contributed by atoms with van der Waals surface area (Å²) < 4.78 is 0. The highest BCUT2D eigenvalue weighted by atomic mass is 16.4. The number of hydrogen-bond acceptors (Lipinski definition) is 6. The summed E-state index contributed by atoms with van der Waals surface area (Å²) in [5, 5.41) is 63.2. The molecule has 0 unspecified atom stereocenters. The fourth-order valence-corrected chi connectivity index (χ4v) is 6.92. The van der Waals surface area contributed by atoms with E-state index >= 15 is 0 Å². The highest BCUT2D eigenvalue weighted by Crippen LogP contribution is 2.49. The Balaban J connectivity index is 1.98. The molecule has 0 heterocycles. The number of benzene rings is 8. The molecule has 224 valence electrons. The van der Waals surface area contributed by atoms with Crippen molar-refractivity contribution in [3.8, 4) is 0 Å². The van der Waals surface area contributed by atoms with Gasteiger partial charge >= 0.3 is 35.8 Å². The van der Waals surface area contributed by atoms with Crippen molar-refractivity contribution >= 4 is 78.9 Å². The van der Waals surface area contributed by atoms with Gasteiger partial charge in [-0.05, 0) is 32.7 Å². The molecule has 0 aliphatic rings. The minimum absolute atomic E-state index is 0.145. The van der Waals surface area contributed by atoms with E-state index in [0.29, 0.717) is 0 Å². The summed E-state index contributed by atoms with van der Waals surface area (Å²) in [4.78, 5) is 77.7. The average Bonchev–Trinajstić information content (AvgIpc) is 2.98. The van der Waals surface area contributed by atoms with Gasteiger partial charge in [-0.25, -0.2) is 28.8 Å². The Kier molecular flexibility index (Phi) is 5.98. The average molecular weight is 609 g/mol. The first-order valence-corrected chi connectivity index (χ1v) is 13.2. The zero-order chi connectivity index (χ0) is 32.9. The normalized spacial score (nSPS) is 12.0. The standard InChI is InChI=1S/C33H20O12/c1-33(2,25-21(29(38)39)17-13-7-3-11(4-8-13)15(17)19(27(34)35)23(25)31(42)43)26-22(30(40)41)18-14-9-5-12(6-10-14)16(18)20(28(36)37)24(26)32(44)45/h3-10H,1-2H3,(H,34,35)(H,36,37)(H,38,39)(H,40,41)(H,42,43)(H,44,45). The molecule has 0 fully saturated rings. The van der Waals surface area contributed by atoms with Crippen LogP contribution in [-0.4, -0.2) is 66.5 Å². The first-order chi connectivity index (χ1) is 21.1. The first-order valence-electron chi connectivity index (χ1n) is 13.2. The molecule has 4 bridgehead atoms. The smallest absolute Gasteiger partial charge is 0.337 e. The third kappa shape index (κ3) is 3.72.